The first-order valence-corrected chi connectivity index (χ1v) is 16.5. The molecule has 0 aliphatic carbocycles. The third-order valence-electron chi connectivity index (χ3n) is 7.44. The summed E-state index contributed by atoms with van der Waals surface area (Å²) in [5.41, 5.74) is 1.48. The highest BCUT2D eigenvalue weighted by atomic mass is 32.2. The van der Waals surface area contributed by atoms with Gasteiger partial charge in [-0.05, 0) is 54.8 Å². The van der Waals surface area contributed by atoms with Crippen LogP contribution in [0.5, 0.6) is 0 Å². The molecule has 3 rings (SSSR count). The summed E-state index contributed by atoms with van der Waals surface area (Å²) in [6, 6.07) is 31.4. The van der Waals surface area contributed by atoms with Crippen LogP contribution in [-0.4, -0.2) is 0 Å². The summed E-state index contributed by atoms with van der Waals surface area (Å²) in [4.78, 5) is 4.19. The van der Waals surface area contributed by atoms with E-state index in [9.17, 15) is 0 Å². The molecule has 0 heterocycles. The summed E-state index contributed by atoms with van der Waals surface area (Å²) in [5.74, 6) is 0. The molecule has 0 saturated heterocycles. The molecule has 3 aromatic carbocycles. The molecule has 37 heavy (non-hydrogen) atoms. The molecule has 0 bridgehead atoms. The first-order valence-electron chi connectivity index (χ1n) is 15.3. The van der Waals surface area contributed by atoms with E-state index in [-0.39, 0.29) is 10.9 Å². The highest BCUT2D eigenvalue weighted by molar-refractivity contribution is 7.97. The summed E-state index contributed by atoms with van der Waals surface area (Å²) in [5, 5.41) is 0. The van der Waals surface area contributed by atoms with Crippen molar-refractivity contribution >= 4 is 10.9 Å². The van der Waals surface area contributed by atoms with Crippen LogP contribution in [-0.2, 0) is 17.3 Å². The van der Waals surface area contributed by atoms with Crippen LogP contribution in [0.3, 0.4) is 0 Å². The summed E-state index contributed by atoms with van der Waals surface area (Å²) in [6.07, 6.45) is 24.1. The van der Waals surface area contributed by atoms with Crippen LogP contribution in [0.15, 0.2) is 99.6 Å². The van der Waals surface area contributed by atoms with E-state index < -0.39 is 0 Å². The quantitative estimate of drug-likeness (QED) is 0.104. The molecule has 0 fully saturated rings. The van der Waals surface area contributed by atoms with E-state index in [0.717, 1.165) is 0 Å². The molecular formula is C36H51S+. The van der Waals surface area contributed by atoms with Gasteiger partial charge in [-0.2, -0.15) is 0 Å². The monoisotopic (exact) mass is 515 g/mol. The molecule has 0 radical (unpaired) electrons. The van der Waals surface area contributed by atoms with Gasteiger partial charge in [-0.3, -0.25) is 0 Å². The lowest BCUT2D eigenvalue weighted by Gasteiger charge is -2.09. The largest absolute Gasteiger partial charge is 0.166 e. The van der Waals surface area contributed by atoms with E-state index in [2.05, 4.69) is 91.9 Å². The molecule has 200 valence electrons. The van der Waals surface area contributed by atoms with Gasteiger partial charge in [0.05, 0.1) is 10.9 Å². The molecule has 0 unspecified atom stereocenters. The fourth-order valence-corrected chi connectivity index (χ4v) is 7.27. The lowest BCUT2D eigenvalue weighted by molar-refractivity contribution is 0.529. The van der Waals surface area contributed by atoms with Gasteiger partial charge in [-0.15, -0.1) is 0 Å². The molecule has 0 aromatic heterocycles. The van der Waals surface area contributed by atoms with Gasteiger partial charge in [0.1, 0.15) is 0 Å². The third-order valence-corrected chi connectivity index (χ3v) is 9.67. The van der Waals surface area contributed by atoms with E-state index in [4.69, 9.17) is 0 Å². The van der Waals surface area contributed by atoms with E-state index >= 15 is 0 Å². The fraction of sp³-hybridized carbons (Fsp3) is 0.500. The Balaban J connectivity index is 1.26. The molecule has 0 aliphatic heterocycles. The second-order valence-electron chi connectivity index (χ2n) is 10.6. The number of benzene rings is 3. The Morgan fingerprint density at radius 2 is 0.730 bits per heavy atom. The first-order chi connectivity index (χ1) is 18.4. The zero-order chi connectivity index (χ0) is 25.8. The zero-order valence-corrected chi connectivity index (χ0v) is 24.3. The average molecular weight is 516 g/mol. The maximum absolute atomic E-state index is 2.37. The van der Waals surface area contributed by atoms with E-state index in [1.807, 2.05) is 0 Å². The van der Waals surface area contributed by atoms with Crippen LogP contribution in [0.1, 0.15) is 115 Å². The highest BCUT2D eigenvalue weighted by Crippen LogP contribution is 2.31. The van der Waals surface area contributed by atoms with E-state index in [0.29, 0.717) is 0 Å². The van der Waals surface area contributed by atoms with E-state index in [1.165, 1.54) is 129 Å². The van der Waals surface area contributed by atoms with Crippen molar-refractivity contribution in [1.29, 1.82) is 0 Å². The Morgan fingerprint density at radius 1 is 0.378 bits per heavy atom. The van der Waals surface area contributed by atoms with E-state index in [1.54, 1.807) is 0 Å². The number of aryl methyl sites for hydroxylation is 1. The van der Waals surface area contributed by atoms with Crippen molar-refractivity contribution in [3.63, 3.8) is 0 Å². The molecule has 0 aliphatic rings. The third kappa shape index (κ3) is 11.9. The van der Waals surface area contributed by atoms with Gasteiger partial charge in [0.15, 0.2) is 14.7 Å². The van der Waals surface area contributed by atoms with Crippen molar-refractivity contribution in [1.82, 2.24) is 0 Å². The lowest BCUT2D eigenvalue weighted by Crippen LogP contribution is -2.04. The normalized spacial score (nSPS) is 11.3. The maximum atomic E-state index is 2.37. The second kappa shape index (κ2) is 19.1. The smallest absolute Gasteiger partial charge is 0.0654 e. The number of hydrogen-bond acceptors (Lipinski definition) is 0. The summed E-state index contributed by atoms with van der Waals surface area (Å²) in [6.45, 7) is 2.30. The Morgan fingerprint density at radius 3 is 1.14 bits per heavy atom. The minimum Gasteiger partial charge on any atom is -0.0654 e. The Kier molecular flexibility index (Phi) is 15.3. The fourth-order valence-electron chi connectivity index (χ4n) is 5.19. The second-order valence-corrected chi connectivity index (χ2v) is 12.7. The van der Waals surface area contributed by atoms with Crippen LogP contribution < -0.4 is 0 Å². The maximum Gasteiger partial charge on any atom is 0.166 e. The van der Waals surface area contributed by atoms with Crippen LogP contribution in [0, 0.1) is 0 Å². The van der Waals surface area contributed by atoms with Crippen molar-refractivity contribution in [3.05, 3.63) is 90.5 Å². The van der Waals surface area contributed by atoms with Crippen LogP contribution >= 0.6 is 0 Å². The van der Waals surface area contributed by atoms with Gasteiger partial charge in [-0.1, -0.05) is 152 Å². The highest BCUT2D eigenvalue weighted by Gasteiger charge is 2.27. The molecule has 0 N–H and O–H groups in total. The van der Waals surface area contributed by atoms with Gasteiger partial charge in [0.2, 0.25) is 0 Å². The number of unbranched alkanes of at least 4 members (excludes halogenated alkanes) is 15. The Bertz CT molecular complexity index is 876. The zero-order valence-electron chi connectivity index (χ0n) is 23.5. The van der Waals surface area contributed by atoms with Gasteiger partial charge in [0, 0.05) is 0 Å². The topological polar surface area (TPSA) is 0 Å². The summed E-state index contributed by atoms with van der Waals surface area (Å²) >= 11 is 0. The van der Waals surface area contributed by atoms with Crippen molar-refractivity contribution in [3.8, 4) is 0 Å². The van der Waals surface area contributed by atoms with Crippen LogP contribution in [0.25, 0.3) is 0 Å². The minimum absolute atomic E-state index is 0.0408. The lowest BCUT2D eigenvalue weighted by atomic mass is 10.0. The molecule has 0 saturated carbocycles. The molecule has 0 atom stereocenters. The van der Waals surface area contributed by atoms with Crippen LogP contribution in [0.2, 0.25) is 0 Å². The van der Waals surface area contributed by atoms with Crippen molar-refractivity contribution < 1.29 is 0 Å². The SMILES string of the molecule is CCCCCCCCCCCCCCCCCCc1ccc([S+](c2ccccc2)c2ccccc2)cc1. The summed E-state index contributed by atoms with van der Waals surface area (Å²) in [7, 11) is -0.0408. The first kappa shape index (κ1) is 29.6. The Hall–Kier alpha value is -1.99. The van der Waals surface area contributed by atoms with Crippen molar-refractivity contribution in [2.24, 2.45) is 0 Å². The minimum atomic E-state index is -0.0408. The van der Waals surface area contributed by atoms with Gasteiger partial charge >= 0.3 is 0 Å². The number of rotatable bonds is 20. The average Bonchev–Trinajstić information content (AvgIpc) is 2.95. The molecule has 0 spiro atoms. The molecule has 1 heteroatoms. The standard InChI is InChI=1S/C36H51S/c1-2-3-4-5-6-7-8-9-10-11-12-13-14-15-16-19-24-33-29-31-36(32-30-33)37(34-25-20-17-21-26-34)35-27-22-18-23-28-35/h17-18,20-23,25-32H,2-16,19,24H2,1H3/q+1. The molecule has 3 aromatic rings. The predicted molar refractivity (Wildman–Crippen MR) is 165 cm³/mol. The van der Waals surface area contributed by atoms with Crippen LogP contribution in [0.4, 0.5) is 0 Å². The number of hydrogen-bond donors (Lipinski definition) is 0. The molecular weight excluding hydrogens is 464 g/mol. The molecule has 0 amide bonds. The van der Waals surface area contributed by atoms with Gasteiger partial charge in [0.25, 0.3) is 0 Å². The van der Waals surface area contributed by atoms with Gasteiger partial charge < -0.3 is 0 Å². The molecule has 0 nitrogen and oxygen atoms in total. The van der Waals surface area contributed by atoms with Crippen molar-refractivity contribution in [2.75, 3.05) is 0 Å². The Labute approximate surface area is 231 Å². The van der Waals surface area contributed by atoms with Crippen molar-refractivity contribution in [2.45, 2.75) is 131 Å². The van der Waals surface area contributed by atoms with Gasteiger partial charge in [-0.25, -0.2) is 0 Å². The summed E-state index contributed by atoms with van der Waals surface area (Å²) < 4.78 is 0. The predicted octanol–water partition coefficient (Wildman–Crippen LogP) is 11.6.